The third kappa shape index (κ3) is 7.57. The number of rotatable bonds is 10. The van der Waals surface area contributed by atoms with Crippen LogP contribution in [-0.4, -0.2) is 46.3 Å². The topological polar surface area (TPSA) is 71.3 Å². The largest absolute Gasteiger partial charge is 0.356 e. The number of nitrogens with zero attached hydrogens (tertiary/aromatic N) is 3. The van der Waals surface area contributed by atoms with Gasteiger partial charge in [0.15, 0.2) is 0 Å². The van der Waals surface area contributed by atoms with Crippen LogP contribution < -0.4 is 5.32 Å². The van der Waals surface area contributed by atoms with Gasteiger partial charge in [0, 0.05) is 33.9 Å². The molecule has 2 heterocycles. The highest BCUT2D eigenvalue weighted by Gasteiger charge is 2.26. The Bertz CT molecular complexity index is 1080. The van der Waals surface area contributed by atoms with Crippen molar-refractivity contribution in [3.05, 3.63) is 69.5 Å². The molecule has 0 bridgehead atoms. The molecule has 34 heavy (non-hydrogen) atoms. The van der Waals surface area contributed by atoms with Crippen molar-refractivity contribution < 1.29 is 9.32 Å². The molecule has 1 aliphatic rings. The number of carbonyl (C=O) groups is 1. The maximum atomic E-state index is 12.7. The second-order valence-electron chi connectivity index (χ2n) is 8.42. The van der Waals surface area contributed by atoms with E-state index in [0.717, 1.165) is 52.4 Å². The predicted octanol–water partition coefficient (Wildman–Crippen LogP) is 5.80. The zero-order valence-electron chi connectivity index (χ0n) is 18.9. The summed E-state index contributed by atoms with van der Waals surface area (Å²) in [5.41, 5.74) is 2.15. The first-order valence-electron chi connectivity index (χ1n) is 11.5. The molecule has 0 aliphatic carbocycles. The van der Waals surface area contributed by atoms with Crippen LogP contribution in [0.2, 0.25) is 5.02 Å². The molecule has 1 aromatic heterocycles. The lowest BCUT2D eigenvalue weighted by atomic mass is 9.97. The first-order valence-corrected chi connectivity index (χ1v) is 13.8. The fraction of sp³-hybridized carbons (Fsp3) is 0.400. The summed E-state index contributed by atoms with van der Waals surface area (Å²) < 4.78 is 6.47. The molecule has 9 heteroatoms. The van der Waals surface area contributed by atoms with E-state index in [4.69, 9.17) is 16.1 Å². The van der Waals surface area contributed by atoms with Crippen molar-refractivity contribution in [2.24, 2.45) is 5.92 Å². The van der Waals surface area contributed by atoms with E-state index in [1.165, 1.54) is 5.56 Å². The van der Waals surface area contributed by atoms with Gasteiger partial charge in [-0.15, -0.1) is 0 Å². The Morgan fingerprint density at radius 2 is 2.12 bits per heavy atom. The summed E-state index contributed by atoms with van der Waals surface area (Å²) >= 11 is 11.3. The molecular weight excluding hydrogens is 536 g/mol. The lowest BCUT2D eigenvalue weighted by Gasteiger charge is -2.30. The van der Waals surface area contributed by atoms with Crippen LogP contribution in [0.5, 0.6) is 0 Å². The number of carbonyl (C=O) groups excluding carboxylic acids is 1. The van der Waals surface area contributed by atoms with Crippen LogP contribution in [0.3, 0.4) is 0 Å². The quantitative estimate of drug-likeness (QED) is 0.314. The molecule has 180 valence electrons. The SMILES string of the molecule is O=C(NCCCSCc1cccc(Cl)c1)C1CCCN(Cc2nc(-c3ccc(Br)cc3)no2)C1. The Morgan fingerprint density at radius 1 is 1.26 bits per heavy atom. The molecule has 1 unspecified atom stereocenters. The zero-order valence-corrected chi connectivity index (χ0v) is 22.0. The third-order valence-electron chi connectivity index (χ3n) is 5.73. The smallest absolute Gasteiger partial charge is 0.241 e. The third-order valence-corrected chi connectivity index (χ3v) is 7.61. The normalized spacial score (nSPS) is 16.5. The molecule has 1 saturated heterocycles. The van der Waals surface area contributed by atoms with Gasteiger partial charge in [-0.1, -0.05) is 44.8 Å². The van der Waals surface area contributed by atoms with Crippen LogP contribution in [0, 0.1) is 5.92 Å². The fourth-order valence-corrected chi connectivity index (χ4v) is 5.37. The van der Waals surface area contributed by atoms with Gasteiger partial charge in [0.2, 0.25) is 17.6 Å². The highest BCUT2D eigenvalue weighted by molar-refractivity contribution is 9.10. The number of benzene rings is 2. The van der Waals surface area contributed by atoms with Crippen molar-refractivity contribution in [3.63, 3.8) is 0 Å². The maximum absolute atomic E-state index is 12.7. The van der Waals surface area contributed by atoms with Gasteiger partial charge in [-0.25, -0.2) is 0 Å². The summed E-state index contributed by atoms with van der Waals surface area (Å²) in [6.45, 7) is 2.91. The standard InChI is InChI=1S/C25H28BrClN4O2S/c26-21-9-7-19(8-10-21)24-29-23(33-30-24)16-31-12-2-5-20(15-31)25(32)28-11-3-13-34-17-18-4-1-6-22(27)14-18/h1,4,6-10,14,20H,2-3,5,11-13,15-17H2,(H,28,32). The van der Waals surface area contributed by atoms with E-state index >= 15 is 0 Å². The molecular formula is C25H28BrClN4O2S. The van der Waals surface area contributed by atoms with E-state index in [-0.39, 0.29) is 11.8 Å². The minimum Gasteiger partial charge on any atom is -0.356 e. The molecule has 0 saturated carbocycles. The van der Waals surface area contributed by atoms with Gasteiger partial charge in [-0.05, 0) is 73.5 Å². The second-order valence-corrected chi connectivity index (χ2v) is 10.9. The first kappa shape index (κ1) is 25.2. The van der Waals surface area contributed by atoms with Crippen LogP contribution in [0.15, 0.2) is 57.5 Å². The lowest BCUT2D eigenvalue weighted by molar-refractivity contribution is -0.126. The number of amides is 1. The monoisotopic (exact) mass is 562 g/mol. The number of hydrogen-bond donors (Lipinski definition) is 1. The summed E-state index contributed by atoms with van der Waals surface area (Å²) in [5, 5.41) is 8.00. The molecule has 1 atom stereocenters. The minimum absolute atomic E-state index is 0.00160. The molecule has 6 nitrogen and oxygen atoms in total. The van der Waals surface area contributed by atoms with Crippen molar-refractivity contribution >= 4 is 45.2 Å². The molecule has 1 aliphatic heterocycles. The van der Waals surface area contributed by atoms with Gasteiger partial charge in [0.1, 0.15) is 0 Å². The molecule has 3 aromatic rings. The molecule has 1 amide bonds. The van der Waals surface area contributed by atoms with Crippen LogP contribution in [0.4, 0.5) is 0 Å². The van der Waals surface area contributed by atoms with E-state index in [1.807, 2.05) is 54.2 Å². The Hall–Kier alpha value is -1.87. The van der Waals surface area contributed by atoms with Gasteiger partial charge in [-0.2, -0.15) is 16.7 Å². The lowest BCUT2D eigenvalue weighted by Crippen LogP contribution is -2.43. The van der Waals surface area contributed by atoms with Gasteiger partial charge in [0.25, 0.3) is 0 Å². The highest BCUT2D eigenvalue weighted by atomic mass is 79.9. The number of nitrogens with one attached hydrogen (secondary N) is 1. The van der Waals surface area contributed by atoms with E-state index in [2.05, 4.69) is 42.4 Å². The average molecular weight is 564 g/mol. The number of piperidine rings is 1. The van der Waals surface area contributed by atoms with Gasteiger partial charge in [0.05, 0.1) is 12.5 Å². The summed E-state index contributed by atoms with van der Waals surface area (Å²) in [6, 6.07) is 15.8. The Morgan fingerprint density at radius 3 is 2.94 bits per heavy atom. The van der Waals surface area contributed by atoms with Gasteiger partial charge < -0.3 is 9.84 Å². The van der Waals surface area contributed by atoms with E-state index in [9.17, 15) is 4.79 Å². The second kappa shape index (κ2) is 12.7. The van der Waals surface area contributed by atoms with Crippen molar-refractivity contribution in [1.29, 1.82) is 0 Å². The molecule has 2 aromatic carbocycles. The number of likely N-dealkylation sites (tertiary alicyclic amines) is 1. The van der Waals surface area contributed by atoms with Crippen LogP contribution in [-0.2, 0) is 17.1 Å². The van der Waals surface area contributed by atoms with E-state index in [1.54, 1.807) is 0 Å². The molecule has 0 radical (unpaired) electrons. The van der Waals surface area contributed by atoms with E-state index < -0.39 is 0 Å². The Labute approximate surface area is 218 Å². The highest BCUT2D eigenvalue weighted by Crippen LogP contribution is 2.22. The summed E-state index contributed by atoms with van der Waals surface area (Å²) in [6.07, 6.45) is 2.86. The van der Waals surface area contributed by atoms with Crippen molar-refractivity contribution in [3.8, 4) is 11.4 Å². The van der Waals surface area contributed by atoms with E-state index in [0.29, 0.717) is 31.3 Å². The molecule has 4 rings (SSSR count). The predicted molar refractivity (Wildman–Crippen MR) is 141 cm³/mol. The molecule has 0 spiro atoms. The molecule has 1 N–H and O–H groups in total. The van der Waals surface area contributed by atoms with Crippen LogP contribution in [0.25, 0.3) is 11.4 Å². The first-order chi connectivity index (χ1) is 16.6. The fourth-order valence-electron chi connectivity index (χ4n) is 3.99. The van der Waals surface area contributed by atoms with Crippen LogP contribution in [0.1, 0.15) is 30.7 Å². The summed E-state index contributed by atoms with van der Waals surface area (Å²) in [7, 11) is 0. The minimum atomic E-state index is 0.00160. The maximum Gasteiger partial charge on any atom is 0.241 e. The van der Waals surface area contributed by atoms with Crippen molar-refractivity contribution in [1.82, 2.24) is 20.4 Å². The Balaban J connectivity index is 1.16. The van der Waals surface area contributed by atoms with Crippen molar-refractivity contribution in [2.75, 3.05) is 25.4 Å². The number of aromatic nitrogens is 2. The number of halogens is 2. The molecule has 1 fully saturated rings. The zero-order chi connectivity index (χ0) is 23.8. The number of thioether (sulfide) groups is 1. The number of hydrogen-bond acceptors (Lipinski definition) is 6. The average Bonchev–Trinajstić information content (AvgIpc) is 3.30. The van der Waals surface area contributed by atoms with Gasteiger partial charge in [-0.3, -0.25) is 9.69 Å². The summed E-state index contributed by atoms with van der Waals surface area (Å²) in [5.74, 6) is 3.25. The summed E-state index contributed by atoms with van der Waals surface area (Å²) in [4.78, 5) is 19.5. The van der Waals surface area contributed by atoms with Crippen LogP contribution >= 0.6 is 39.3 Å². The van der Waals surface area contributed by atoms with Crippen molar-refractivity contribution in [2.45, 2.75) is 31.6 Å². The van der Waals surface area contributed by atoms with Gasteiger partial charge >= 0.3 is 0 Å². The Kier molecular flexibility index (Phi) is 9.44.